The lowest BCUT2D eigenvalue weighted by Crippen LogP contribution is -2.21. The second kappa shape index (κ2) is 9.71. The van der Waals surface area contributed by atoms with E-state index in [1.165, 1.54) is 12.1 Å². The molecule has 3 aromatic carbocycles. The van der Waals surface area contributed by atoms with Gasteiger partial charge >= 0.3 is 0 Å². The molecule has 1 aromatic heterocycles. The highest BCUT2D eigenvalue weighted by Crippen LogP contribution is 2.27. The zero-order chi connectivity index (χ0) is 25.3. The van der Waals surface area contributed by atoms with Gasteiger partial charge in [0.1, 0.15) is 11.0 Å². The predicted octanol–water partition coefficient (Wildman–Crippen LogP) is 5.70. The van der Waals surface area contributed by atoms with Crippen LogP contribution in [0.5, 0.6) is 0 Å². The first-order chi connectivity index (χ1) is 16.7. The van der Waals surface area contributed by atoms with Crippen LogP contribution in [0.2, 0.25) is 5.02 Å². The molecule has 0 saturated carbocycles. The lowest BCUT2D eigenvalue weighted by atomic mass is 10.1. The van der Waals surface area contributed by atoms with Crippen LogP contribution in [0.4, 0.5) is 17.1 Å². The highest BCUT2D eigenvalue weighted by molar-refractivity contribution is 6.34. The van der Waals surface area contributed by atoms with Gasteiger partial charge in [-0.15, -0.1) is 10.2 Å². The normalized spacial score (nSPS) is 11.0. The van der Waals surface area contributed by atoms with Crippen molar-refractivity contribution >= 4 is 45.6 Å². The van der Waals surface area contributed by atoms with E-state index in [2.05, 4.69) is 46.4 Å². The standard InChI is InChI=1S/C25H25ClN6O3/c1-5-30(6-2)17-8-10-24(16(4)11-17)31-28-22-12-15(3)21(14-23(22)29-31)27-25(33)19-9-7-18(32(34)35)13-20(19)26/h7-14H,5-6H2,1-4H3,(H,27,33). The second-order valence-corrected chi connectivity index (χ2v) is 8.57. The molecule has 0 aliphatic carbocycles. The van der Waals surface area contributed by atoms with Gasteiger partial charge in [-0.05, 0) is 75.2 Å². The Hall–Kier alpha value is -3.98. The molecular formula is C25H25ClN6O3. The Morgan fingerprint density at radius 2 is 1.71 bits per heavy atom. The number of aromatic nitrogens is 3. The number of hydrogen-bond donors (Lipinski definition) is 1. The maximum Gasteiger partial charge on any atom is 0.270 e. The van der Waals surface area contributed by atoms with Crippen LogP contribution in [0.15, 0.2) is 48.5 Å². The quantitative estimate of drug-likeness (QED) is 0.262. The SMILES string of the molecule is CCN(CC)c1ccc(-n2nc3cc(C)c(NC(=O)c4ccc([N+](=O)[O-])cc4Cl)cc3n2)c(C)c1. The summed E-state index contributed by atoms with van der Waals surface area (Å²) in [5.41, 5.74) is 5.70. The molecule has 0 radical (unpaired) electrons. The molecule has 4 aromatic rings. The molecule has 0 aliphatic heterocycles. The summed E-state index contributed by atoms with van der Waals surface area (Å²) in [5, 5.41) is 23.0. The number of carbonyl (C=O) groups is 1. The second-order valence-electron chi connectivity index (χ2n) is 8.16. The Balaban J connectivity index is 1.63. The highest BCUT2D eigenvalue weighted by Gasteiger charge is 2.17. The summed E-state index contributed by atoms with van der Waals surface area (Å²) in [5.74, 6) is -0.470. The lowest BCUT2D eigenvalue weighted by Gasteiger charge is -2.22. The largest absolute Gasteiger partial charge is 0.372 e. The zero-order valence-corrected chi connectivity index (χ0v) is 20.6. The first kappa shape index (κ1) is 24.2. The molecule has 10 heteroatoms. The van der Waals surface area contributed by atoms with Crippen molar-refractivity contribution in [2.24, 2.45) is 0 Å². The van der Waals surface area contributed by atoms with E-state index in [1.54, 1.807) is 10.9 Å². The molecule has 0 spiro atoms. The van der Waals surface area contributed by atoms with E-state index >= 15 is 0 Å². The van der Waals surface area contributed by atoms with Gasteiger partial charge in [0, 0.05) is 36.6 Å². The van der Waals surface area contributed by atoms with Gasteiger partial charge in [-0.3, -0.25) is 14.9 Å². The minimum Gasteiger partial charge on any atom is -0.372 e. The number of anilines is 2. The van der Waals surface area contributed by atoms with Gasteiger partial charge in [0.2, 0.25) is 0 Å². The van der Waals surface area contributed by atoms with E-state index in [0.29, 0.717) is 16.7 Å². The van der Waals surface area contributed by atoms with Gasteiger partial charge < -0.3 is 10.2 Å². The van der Waals surface area contributed by atoms with Crippen LogP contribution in [0, 0.1) is 24.0 Å². The number of nitrogens with one attached hydrogen (secondary N) is 1. The van der Waals surface area contributed by atoms with E-state index < -0.39 is 10.8 Å². The Morgan fingerprint density at radius 3 is 2.31 bits per heavy atom. The van der Waals surface area contributed by atoms with Crippen LogP contribution in [-0.4, -0.2) is 38.9 Å². The van der Waals surface area contributed by atoms with Crippen LogP contribution >= 0.6 is 11.6 Å². The molecule has 0 atom stereocenters. The van der Waals surface area contributed by atoms with Crippen molar-refractivity contribution in [3.05, 3.63) is 80.4 Å². The van der Waals surface area contributed by atoms with Crippen molar-refractivity contribution in [3.8, 4) is 5.69 Å². The molecule has 1 N–H and O–H groups in total. The third-order valence-corrected chi connectivity index (χ3v) is 6.22. The number of nitrogens with zero attached hydrogens (tertiary/aromatic N) is 5. The summed E-state index contributed by atoms with van der Waals surface area (Å²) in [6.07, 6.45) is 0. The number of fused-ring (bicyclic) bond motifs is 1. The van der Waals surface area contributed by atoms with Gasteiger partial charge in [0.15, 0.2) is 0 Å². The molecule has 0 unspecified atom stereocenters. The molecule has 1 amide bonds. The number of rotatable bonds is 7. The van der Waals surface area contributed by atoms with Crippen molar-refractivity contribution in [3.63, 3.8) is 0 Å². The molecule has 0 aliphatic rings. The Labute approximate surface area is 207 Å². The van der Waals surface area contributed by atoms with Crippen molar-refractivity contribution in [2.75, 3.05) is 23.3 Å². The number of hydrogen-bond acceptors (Lipinski definition) is 6. The fraction of sp³-hybridized carbons (Fsp3) is 0.240. The molecule has 1 heterocycles. The van der Waals surface area contributed by atoms with E-state index in [9.17, 15) is 14.9 Å². The third-order valence-electron chi connectivity index (χ3n) is 5.91. The summed E-state index contributed by atoms with van der Waals surface area (Å²) in [6.45, 7) is 10.00. The fourth-order valence-corrected chi connectivity index (χ4v) is 4.21. The third kappa shape index (κ3) is 4.81. The smallest absolute Gasteiger partial charge is 0.270 e. The summed E-state index contributed by atoms with van der Waals surface area (Å²) in [7, 11) is 0. The first-order valence-corrected chi connectivity index (χ1v) is 11.6. The monoisotopic (exact) mass is 492 g/mol. The summed E-state index contributed by atoms with van der Waals surface area (Å²) >= 11 is 6.11. The first-order valence-electron chi connectivity index (χ1n) is 11.2. The number of benzene rings is 3. The van der Waals surface area contributed by atoms with Gasteiger partial charge in [-0.2, -0.15) is 4.80 Å². The van der Waals surface area contributed by atoms with Crippen LogP contribution in [0.25, 0.3) is 16.7 Å². The van der Waals surface area contributed by atoms with Gasteiger partial charge in [-0.25, -0.2) is 0 Å². The number of nitro groups is 1. The molecule has 0 bridgehead atoms. The van der Waals surface area contributed by atoms with Crippen molar-refractivity contribution in [1.82, 2.24) is 15.0 Å². The van der Waals surface area contributed by atoms with E-state index in [0.717, 1.165) is 41.7 Å². The molecule has 9 nitrogen and oxygen atoms in total. The summed E-state index contributed by atoms with van der Waals surface area (Å²) in [6, 6.07) is 13.5. The van der Waals surface area contributed by atoms with Gasteiger partial charge in [-0.1, -0.05) is 11.6 Å². The molecule has 0 saturated heterocycles. The van der Waals surface area contributed by atoms with Gasteiger partial charge in [0.05, 0.1) is 21.2 Å². The number of carbonyl (C=O) groups excluding carboxylic acids is 1. The Morgan fingerprint density at radius 1 is 1.03 bits per heavy atom. The van der Waals surface area contributed by atoms with Crippen LogP contribution in [-0.2, 0) is 0 Å². The maximum atomic E-state index is 12.8. The minimum atomic E-state index is -0.562. The number of non-ortho nitro benzene ring substituents is 1. The van der Waals surface area contributed by atoms with Crippen LogP contribution in [0.1, 0.15) is 35.3 Å². The molecule has 0 fully saturated rings. The van der Waals surface area contributed by atoms with Crippen LogP contribution < -0.4 is 10.2 Å². The Kier molecular flexibility index (Phi) is 6.70. The van der Waals surface area contributed by atoms with Crippen molar-refractivity contribution in [1.29, 1.82) is 0 Å². The average Bonchev–Trinajstić information content (AvgIpc) is 3.22. The average molecular weight is 493 g/mol. The predicted molar refractivity (Wildman–Crippen MR) is 138 cm³/mol. The number of nitro benzene ring substituents is 1. The zero-order valence-electron chi connectivity index (χ0n) is 19.9. The van der Waals surface area contributed by atoms with Crippen LogP contribution in [0.3, 0.4) is 0 Å². The topological polar surface area (TPSA) is 106 Å². The number of amides is 1. The molecular weight excluding hydrogens is 468 g/mol. The number of halogens is 1. The van der Waals surface area contributed by atoms with E-state index in [4.69, 9.17) is 11.6 Å². The fourth-order valence-electron chi connectivity index (χ4n) is 3.95. The highest BCUT2D eigenvalue weighted by atomic mass is 35.5. The Bertz CT molecular complexity index is 1440. The van der Waals surface area contributed by atoms with Crippen molar-refractivity contribution in [2.45, 2.75) is 27.7 Å². The molecule has 35 heavy (non-hydrogen) atoms. The summed E-state index contributed by atoms with van der Waals surface area (Å²) in [4.78, 5) is 27.0. The molecule has 180 valence electrons. The molecule has 4 rings (SSSR count). The van der Waals surface area contributed by atoms with Gasteiger partial charge in [0.25, 0.3) is 11.6 Å². The van der Waals surface area contributed by atoms with Crippen molar-refractivity contribution < 1.29 is 9.72 Å². The van der Waals surface area contributed by atoms with E-state index in [-0.39, 0.29) is 16.3 Å². The van der Waals surface area contributed by atoms with E-state index in [1.807, 2.05) is 26.0 Å². The minimum absolute atomic E-state index is 0.00464. The number of aryl methyl sites for hydroxylation is 2. The maximum absolute atomic E-state index is 12.8. The lowest BCUT2D eigenvalue weighted by molar-refractivity contribution is -0.384. The summed E-state index contributed by atoms with van der Waals surface area (Å²) < 4.78 is 0.